The summed E-state index contributed by atoms with van der Waals surface area (Å²) in [6, 6.07) is 13.0. The number of hydrogen-bond acceptors (Lipinski definition) is 2. The molecule has 21 heavy (non-hydrogen) atoms. The van der Waals surface area contributed by atoms with Crippen molar-refractivity contribution in [3.63, 3.8) is 0 Å². The smallest absolute Gasteiger partial charge is 0.265 e. The quantitative estimate of drug-likeness (QED) is 0.911. The summed E-state index contributed by atoms with van der Waals surface area (Å²) in [5.41, 5.74) is 2.66. The highest BCUT2D eigenvalue weighted by molar-refractivity contribution is 6.30. The number of anilines is 1. The predicted octanol–water partition coefficient (Wildman–Crippen LogP) is 4.36. The van der Waals surface area contributed by atoms with Crippen molar-refractivity contribution in [1.29, 1.82) is 0 Å². The summed E-state index contributed by atoms with van der Waals surface area (Å²) < 4.78 is 5.70. The first-order valence-electron chi connectivity index (χ1n) is 6.76. The zero-order valence-corrected chi connectivity index (χ0v) is 13.1. The van der Waals surface area contributed by atoms with Crippen molar-refractivity contribution in [2.45, 2.75) is 26.9 Å². The van der Waals surface area contributed by atoms with Crippen LogP contribution in [0.1, 0.15) is 18.1 Å². The van der Waals surface area contributed by atoms with Gasteiger partial charge in [0, 0.05) is 10.7 Å². The molecule has 0 saturated heterocycles. The van der Waals surface area contributed by atoms with E-state index in [1.165, 1.54) is 0 Å². The lowest BCUT2D eigenvalue weighted by atomic mass is 10.2. The summed E-state index contributed by atoms with van der Waals surface area (Å²) in [5, 5.41) is 3.50. The van der Waals surface area contributed by atoms with Gasteiger partial charge in [-0.3, -0.25) is 4.79 Å². The third-order valence-electron chi connectivity index (χ3n) is 3.21. The molecule has 1 amide bonds. The van der Waals surface area contributed by atoms with Gasteiger partial charge >= 0.3 is 0 Å². The molecule has 0 radical (unpaired) electrons. The van der Waals surface area contributed by atoms with Gasteiger partial charge in [-0.2, -0.15) is 0 Å². The zero-order valence-electron chi connectivity index (χ0n) is 12.3. The summed E-state index contributed by atoms with van der Waals surface area (Å²) in [6.07, 6.45) is -0.582. The highest BCUT2D eigenvalue weighted by atomic mass is 35.5. The maximum Gasteiger partial charge on any atom is 0.265 e. The Labute approximate surface area is 129 Å². The molecular formula is C17H18ClNO2. The largest absolute Gasteiger partial charge is 0.481 e. The van der Waals surface area contributed by atoms with Crippen LogP contribution in [0.4, 0.5) is 5.69 Å². The normalized spacial score (nSPS) is 11.8. The Kier molecular flexibility index (Phi) is 4.86. The van der Waals surface area contributed by atoms with Gasteiger partial charge in [0.15, 0.2) is 6.10 Å². The van der Waals surface area contributed by atoms with E-state index >= 15 is 0 Å². The molecule has 4 heteroatoms. The van der Waals surface area contributed by atoms with E-state index in [4.69, 9.17) is 16.3 Å². The molecule has 0 spiro atoms. The number of carbonyl (C=O) groups excluding carboxylic acids is 1. The van der Waals surface area contributed by atoms with Crippen LogP contribution in [0, 0.1) is 13.8 Å². The first-order chi connectivity index (χ1) is 9.97. The molecule has 0 aliphatic heterocycles. The minimum absolute atomic E-state index is 0.191. The average Bonchev–Trinajstić information content (AvgIpc) is 2.44. The summed E-state index contributed by atoms with van der Waals surface area (Å²) in [4.78, 5) is 12.2. The zero-order chi connectivity index (χ0) is 15.4. The molecule has 0 aliphatic carbocycles. The first-order valence-corrected chi connectivity index (χ1v) is 7.14. The Hall–Kier alpha value is -2.00. The van der Waals surface area contributed by atoms with Crippen LogP contribution in [0.3, 0.4) is 0 Å². The molecule has 2 rings (SSSR count). The van der Waals surface area contributed by atoms with Crippen LogP contribution >= 0.6 is 11.6 Å². The number of rotatable bonds is 4. The highest BCUT2D eigenvalue weighted by Crippen LogP contribution is 2.21. The maximum absolute atomic E-state index is 12.2. The molecule has 1 N–H and O–H groups in total. The van der Waals surface area contributed by atoms with Gasteiger partial charge in [0.05, 0.1) is 0 Å². The van der Waals surface area contributed by atoms with Gasteiger partial charge in [0.25, 0.3) is 5.91 Å². The van der Waals surface area contributed by atoms with E-state index in [0.717, 1.165) is 16.8 Å². The topological polar surface area (TPSA) is 38.3 Å². The molecule has 3 nitrogen and oxygen atoms in total. The van der Waals surface area contributed by atoms with E-state index in [9.17, 15) is 4.79 Å². The maximum atomic E-state index is 12.2. The summed E-state index contributed by atoms with van der Waals surface area (Å²) in [7, 11) is 0. The minimum Gasteiger partial charge on any atom is -0.481 e. The average molecular weight is 304 g/mol. The van der Waals surface area contributed by atoms with Crippen LogP contribution in [0.15, 0.2) is 42.5 Å². The minimum atomic E-state index is -0.582. The third-order valence-corrected chi connectivity index (χ3v) is 3.45. The van der Waals surface area contributed by atoms with Gasteiger partial charge in [-0.1, -0.05) is 29.8 Å². The molecule has 2 aromatic rings. The van der Waals surface area contributed by atoms with Crippen molar-refractivity contribution in [2.75, 3.05) is 5.32 Å². The number of ether oxygens (including phenoxy) is 1. The molecule has 0 fully saturated rings. The van der Waals surface area contributed by atoms with E-state index in [0.29, 0.717) is 10.8 Å². The van der Waals surface area contributed by atoms with Crippen molar-refractivity contribution < 1.29 is 9.53 Å². The van der Waals surface area contributed by atoms with Gasteiger partial charge in [-0.25, -0.2) is 0 Å². The van der Waals surface area contributed by atoms with Crippen LogP contribution < -0.4 is 10.1 Å². The highest BCUT2D eigenvalue weighted by Gasteiger charge is 2.16. The lowest BCUT2D eigenvalue weighted by molar-refractivity contribution is -0.122. The monoisotopic (exact) mass is 303 g/mol. The molecule has 2 aromatic carbocycles. The number of amides is 1. The van der Waals surface area contributed by atoms with Gasteiger partial charge in [0.1, 0.15) is 5.75 Å². The third kappa shape index (κ3) is 3.99. The predicted molar refractivity (Wildman–Crippen MR) is 86.1 cm³/mol. The van der Waals surface area contributed by atoms with Crippen LogP contribution in [0.2, 0.25) is 5.02 Å². The number of halogens is 1. The van der Waals surface area contributed by atoms with Gasteiger partial charge in [0.2, 0.25) is 0 Å². The standard InChI is InChI=1S/C17H18ClNO2/c1-11-6-4-5-7-16(11)21-13(3)17(20)19-15-9-8-14(18)10-12(15)2/h4-10,13H,1-3H3,(H,19,20). The van der Waals surface area contributed by atoms with Crippen molar-refractivity contribution in [3.8, 4) is 5.75 Å². The van der Waals surface area contributed by atoms with Crippen molar-refractivity contribution in [3.05, 3.63) is 58.6 Å². The Bertz CT molecular complexity index is 655. The molecule has 1 atom stereocenters. The lowest BCUT2D eigenvalue weighted by Gasteiger charge is -2.17. The first kappa shape index (κ1) is 15.4. The SMILES string of the molecule is Cc1cc(Cl)ccc1NC(=O)C(C)Oc1ccccc1C. The van der Waals surface area contributed by atoms with Crippen LogP contribution in [0.5, 0.6) is 5.75 Å². The number of nitrogens with one attached hydrogen (secondary N) is 1. The van der Waals surface area contributed by atoms with Gasteiger partial charge in [-0.15, -0.1) is 0 Å². The van der Waals surface area contributed by atoms with E-state index in [1.54, 1.807) is 19.1 Å². The second-order valence-corrected chi connectivity index (χ2v) is 5.41. The number of para-hydroxylation sites is 1. The Balaban J connectivity index is 2.04. The molecule has 0 heterocycles. The number of hydrogen-bond donors (Lipinski definition) is 1. The fourth-order valence-electron chi connectivity index (χ4n) is 1.93. The van der Waals surface area contributed by atoms with E-state index in [1.807, 2.05) is 44.2 Å². The Morgan fingerprint density at radius 1 is 1.14 bits per heavy atom. The number of carbonyl (C=O) groups is 1. The fourth-order valence-corrected chi connectivity index (χ4v) is 2.16. The second kappa shape index (κ2) is 6.64. The molecule has 0 bridgehead atoms. The molecule has 0 aliphatic rings. The molecule has 1 unspecified atom stereocenters. The summed E-state index contributed by atoms with van der Waals surface area (Å²) >= 11 is 5.90. The van der Waals surface area contributed by atoms with E-state index in [-0.39, 0.29) is 5.91 Å². The Morgan fingerprint density at radius 2 is 1.86 bits per heavy atom. The fraction of sp³-hybridized carbons (Fsp3) is 0.235. The van der Waals surface area contributed by atoms with Crippen LogP contribution in [0.25, 0.3) is 0 Å². The van der Waals surface area contributed by atoms with Crippen molar-refractivity contribution >= 4 is 23.2 Å². The van der Waals surface area contributed by atoms with Crippen LogP contribution in [-0.4, -0.2) is 12.0 Å². The Morgan fingerprint density at radius 3 is 2.52 bits per heavy atom. The lowest BCUT2D eigenvalue weighted by Crippen LogP contribution is -2.30. The van der Waals surface area contributed by atoms with Gasteiger partial charge < -0.3 is 10.1 Å². The van der Waals surface area contributed by atoms with Crippen LogP contribution in [-0.2, 0) is 4.79 Å². The number of benzene rings is 2. The summed E-state index contributed by atoms with van der Waals surface area (Å²) in [6.45, 7) is 5.57. The van der Waals surface area contributed by atoms with Crippen molar-refractivity contribution in [1.82, 2.24) is 0 Å². The second-order valence-electron chi connectivity index (χ2n) is 4.97. The molecule has 0 saturated carbocycles. The number of aryl methyl sites for hydroxylation is 2. The van der Waals surface area contributed by atoms with E-state index in [2.05, 4.69) is 5.32 Å². The van der Waals surface area contributed by atoms with Gasteiger partial charge in [-0.05, 0) is 56.2 Å². The van der Waals surface area contributed by atoms with Crippen molar-refractivity contribution in [2.24, 2.45) is 0 Å². The molecule has 0 aromatic heterocycles. The molecular weight excluding hydrogens is 286 g/mol. The van der Waals surface area contributed by atoms with E-state index < -0.39 is 6.10 Å². The summed E-state index contributed by atoms with van der Waals surface area (Å²) in [5.74, 6) is 0.525. The molecule has 110 valence electrons.